The second-order valence-electron chi connectivity index (χ2n) is 36.7. The summed E-state index contributed by atoms with van der Waals surface area (Å²) in [4.78, 5) is 192. The largest absolute Gasteiger partial charge is 0.480 e. The summed E-state index contributed by atoms with van der Waals surface area (Å²) in [7, 11) is 6.72. The van der Waals surface area contributed by atoms with Gasteiger partial charge in [-0.05, 0) is 216 Å². The summed E-state index contributed by atoms with van der Waals surface area (Å²) in [5.41, 5.74) is 15.6. The van der Waals surface area contributed by atoms with E-state index < -0.39 is 120 Å². The van der Waals surface area contributed by atoms with E-state index in [9.17, 15) is 71.9 Å². The van der Waals surface area contributed by atoms with Gasteiger partial charge in [-0.25, -0.2) is 43.2 Å². The number of carboxylic acids is 1. The maximum Gasteiger partial charge on any atom is 0.408 e. The molecule has 18 atom stereocenters. The minimum atomic E-state index is -0.899. The van der Waals surface area contributed by atoms with E-state index in [-0.39, 0.29) is 95.6 Å². The summed E-state index contributed by atoms with van der Waals surface area (Å²) >= 11 is 0. The number of hydrogen-bond acceptors (Lipinski definition) is 26. The van der Waals surface area contributed by atoms with Crippen molar-refractivity contribution in [2.45, 2.75) is 406 Å². The van der Waals surface area contributed by atoms with Gasteiger partial charge in [0.05, 0.1) is 53.7 Å². The van der Waals surface area contributed by atoms with Crippen LogP contribution in [-0.4, -0.2) is 285 Å². The molecule has 0 unspecified atom stereocenters. The predicted octanol–water partition coefficient (Wildman–Crippen LogP) is 6.91. The highest BCUT2D eigenvalue weighted by molar-refractivity contribution is 5.94. The van der Waals surface area contributed by atoms with Crippen molar-refractivity contribution in [3.63, 3.8) is 0 Å². The summed E-state index contributed by atoms with van der Waals surface area (Å²) in [6, 6.07) is -6.14. The Bertz CT molecular complexity index is 3500. The van der Waals surface area contributed by atoms with Crippen LogP contribution in [0.25, 0.3) is 0 Å². The van der Waals surface area contributed by atoms with Gasteiger partial charge in [0.2, 0.25) is 35.4 Å². The molecule has 36 heteroatoms. The third-order valence-corrected chi connectivity index (χ3v) is 24.5. The molecule has 36 nitrogen and oxygen atoms in total. The number of carboxylic acid groups (broad SMARTS) is 1. The molecule has 0 aromatic heterocycles. The molecule has 0 radical (unpaired) electrons. The van der Waals surface area contributed by atoms with Crippen LogP contribution in [-0.2, 0) is 95.4 Å². The standard InChI is InChI=1S/2C17H28N2O5.C17H26N2O5.2C12H20N2O3.C11H18N2O3/c3*1-17(2,3)24-16(22)18-12-8-6-5-7-11-9-10-13(15(21)23-4)19(11)14(12)20;2*1-17-12(16)10-7-6-8-4-2-3-5-9(13)11(15)14(8)10;12-8-4-2-1-3-7-5-6-9(11(15)16)13(7)10(8)14/h2*11-13H,5-10H2,1-4H3,(H,18,22);5-6,11-13H,7-10H2,1-4H3,(H,18,22);2*8-10H,2-7,13H2,1H3;7-9H,1-6,12H2,(H,15,16)/b;;6-5-;;;/t3*11-,12-,13-;2*8-,9-,10-;7-,8-,9-/m000000/s1. The highest BCUT2D eigenvalue weighted by Gasteiger charge is 2.51. The Hall–Kier alpha value is -8.93. The van der Waals surface area contributed by atoms with E-state index in [1.165, 1.54) is 40.4 Å². The molecular weight excluding hydrogens is 1590 g/mol. The van der Waals surface area contributed by atoms with Crippen LogP contribution in [0.3, 0.4) is 0 Å². The number of amides is 9. The number of nitrogens with two attached hydrogens (primary N) is 3. The van der Waals surface area contributed by atoms with Crippen LogP contribution in [0.15, 0.2) is 12.2 Å². The van der Waals surface area contributed by atoms with E-state index in [1.807, 2.05) is 12.2 Å². The Morgan fingerprint density at radius 3 is 0.779 bits per heavy atom. The minimum absolute atomic E-state index is 0.0407. The smallest absolute Gasteiger partial charge is 0.408 e. The van der Waals surface area contributed by atoms with Gasteiger partial charge < -0.3 is 106 Å². The molecular formula is C86H140N12O24. The van der Waals surface area contributed by atoms with Crippen LogP contribution in [0.2, 0.25) is 0 Å². The van der Waals surface area contributed by atoms with Crippen LogP contribution in [0, 0.1) is 0 Å². The topological polar surface area (TPSA) is 484 Å². The Morgan fingerprint density at radius 1 is 0.295 bits per heavy atom. The van der Waals surface area contributed by atoms with Crippen LogP contribution < -0.4 is 33.2 Å². The second-order valence-corrected chi connectivity index (χ2v) is 36.7. The number of aliphatic carboxylic acids is 1. The number of hydrogen-bond donors (Lipinski definition) is 7. The highest BCUT2D eigenvalue weighted by Crippen LogP contribution is 2.38. The Balaban J connectivity index is 0.000000203. The van der Waals surface area contributed by atoms with Crippen molar-refractivity contribution in [1.82, 2.24) is 45.3 Å². The number of methoxy groups -OCH3 is 5. The monoisotopic (exact) mass is 1730 g/mol. The minimum Gasteiger partial charge on any atom is -0.480 e. The van der Waals surface area contributed by atoms with Crippen molar-refractivity contribution in [3.05, 3.63) is 12.2 Å². The van der Waals surface area contributed by atoms with Gasteiger partial charge in [0.25, 0.3) is 0 Å². The van der Waals surface area contributed by atoms with E-state index in [0.717, 1.165) is 148 Å². The molecule has 12 heterocycles. The number of nitrogens with zero attached hydrogens (tertiary/aromatic N) is 6. The first-order valence-corrected chi connectivity index (χ1v) is 44.0. The van der Waals surface area contributed by atoms with E-state index in [2.05, 4.69) is 16.0 Å². The van der Waals surface area contributed by atoms with Gasteiger partial charge in [0.15, 0.2) is 0 Å². The second kappa shape index (κ2) is 46.2. The molecule has 11 saturated heterocycles. The number of ether oxygens (including phenoxy) is 8. The molecule has 0 aliphatic carbocycles. The first-order valence-electron chi connectivity index (χ1n) is 44.0. The molecule has 11 fully saturated rings. The average Bonchev–Trinajstić information content (AvgIpc) is 1.54. The first-order chi connectivity index (χ1) is 57.6. The maximum absolute atomic E-state index is 13.0. The number of nitrogens with one attached hydrogen (secondary N) is 3. The van der Waals surface area contributed by atoms with Gasteiger partial charge >= 0.3 is 54.1 Å². The Morgan fingerprint density at radius 2 is 0.508 bits per heavy atom. The molecule has 0 spiro atoms. The number of carbonyl (C=O) groups excluding carboxylic acids is 14. The molecule has 10 N–H and O–H groups in total. The summed E-state index contributed by atoms with van der Waals surface area (Å²) < 4.78 is 39.8. The number of esters is 5. The van der Waals surface area contributed by atoms with Crippen molar-refractivity contribution in [3.8, 4) is 0 Å². The fourth-order valence-corrected chi connectivity index (χ4v) is 18.8. The first kappa shape index (κ1) is 100. The molecule has 0 saturated carbocycles. The van der Waals surface area contributed by atoms with E-state index in [4.69, 9.17) is 60.2 Å². The summed E-state index contributed by atoms with van der Waals surface area (Å²) in [5.74, 6) is -3.72. The van der Waals surface area contributed by atoms with Crippen LogP contribution in [0.5, 0.6) is 0 Å². The SMILES string of the molecule is COC(=O)[C@@H]1CC[C@@H]2C/C=C\C[C@H](NC(=O)OC(C)(C)C)C(=O)N21.COC(=O)[C@@H]1CC[C@@H]2CCCC[C@H](N)C(=O)N21.COC(=O)[C@@H]1CC[C@@H]2CCCC[C@H](N)C(=O)N21.COC(=O)[C@@H]1CC[C@@H]2CCCC[C@H](NC(=O)OC(C)(C)C)C(=O)N21.COC(=O)[C@@H]1CC[C@@H]2CCCC[C@H](NC(=O)OC(C)(C)C)C(=O)N21.N[C@H]1CCCC[C@H]2CC[C@@H](C(=O)O)N2C1=O. The van der Waals surface area contributed by atoms with E-state index in [1.54, 1.807) is 86.8 Å². The molecule has 12 rings (SSSR count). The number of alkyl carbamates (subject to hydrolysis) is 3. The van der Waals surface area contributed by atoms with Crippen molar-refractivity contribution >= 4 is 89.5 Å². The van der Waals surface area contributed by atoms with Crippen LogP contribution in [0.4, 0.5) is 14.4 Å². The summed E-state index contributed by atoms with van der Waals surface area (Å²) in [6.07, 6.45) is 29.5. The normalized spacial score (nSPS) is 30.6. The lowest BCUT2D eigenvalue weighted by Crippen LogP contribution is -2.55. The van der Waals surface area contributed by atoms with Gasteiger partial charge in [-0.15, -0.1) is 0 Å². The van der Waals surface area contributed by atoms with E-state index >= 15 is 0 Å². The lowest BCUT2D eigenvalue weighted by atomic mass is 9.99. The average molecular weight is 1730 g/mol. The Kier molecular flexibility index (Phi) is 37.9. The van der Waals surface area contributed by atoms with Gasteiger partial charge in [0, 0.05) is 36.3 Å². The molecule has 0 bridgehead atoms. The zero-order valence-corrected chi connectivity index (χ0v) is 74.3. The molecule has 12 aliphatic heterocycles. The molecule has 0 aromatic rings. The fourth-order valence-electron chi connectivity index (χ4n) is 18.8. The van der Waals surface area contributed by atoms with Gasteiger partial charge in [-0.2, -0.15) is 0 Å². The van der Waals surface area contributed by atoms with Gasteiger partial charge in [-0.1, -0.05) is 76.4 Å². The maximum atomic E-state index is 13.0. The summed E-state index contributed by atoms with van der Waals surface area (Å²) in [6.45, 7) is 15.9. The van der Waals surface area contributed by atoms with Crippen molar-refractivity contribution in [1.29, 1.82) is 0 Å². The lowest BCUT2D eigenvalue weighted by molar-refractivity contribution is -0.153. The Labute approximate surface area is 717 Å². The third-order valence-electron chi connectivity index (χ3n) is 24.5. The molecule has 12 aliphatic rings. The van der Waals surface area contributed by atoms with Crippen molar-refractivity contribution in [2.24, 2.45) is 17.2 Å². The fraction of sp³-hybridized carbons (Fsp3) is 0.802. The van der Waals surface area contributed by atoms with Crippen molar-refractivity contribution in [2.75, 3.05) is 35.5 Å². The zero-order valence-electron chi connectivity index (χ0n) is 74.3. The molecule has 688 valence electrons. The number of fused-ring (bicyclic) bond motifs is 6. The summed E-state index contributed by atoms with van der Waals surface area (Å²) in [5, 5.41) is 17.1. The van der Waals surface area contributed by atoms with E-state index in [0.29, 0.717) is 70.6 Å². The predicted molar refractivity (Wildman–Crippen MR) is 444 cm³/mol. The third kappa shape index (κ3) is 27.8. The molecule has 9 amide bonds. The van der Waals surface area contributed by atoms with Crippen molar-refractivity contribution < 1.29 is 115 Å². The van der Waals surface area contributed by atoms with Gasteiger partial charge in [0.1, 0.15) is 71.2 Å². The molecule has 0 aromatic carbocycles. The number of rotatable bonds is 9. The van der Waals surface area contributed by atoms with Crippen LogP contribution in [0.1, 0.15) is 281 Å². The lowest BCUT2D eigenvalue weighted by Gasteiger charge is -2.34. The van der Waals surface area contributed by atoms with Crippen LogP contribution >= 0.6 is 0 Å². The number of carbonyl (C=O) groups is 15. The molecule has 122 heavy (non-hydrogen) atoms. The quantitative estimate of drug-likeness (QED) is 0.0700. The van der Waals surface area contributed by atoms with Gasteiger partial charge in [-0.3, -0.25) is 28.8 Å². The zero-order chi connectivity index (χ0) is 90.3. The highest BCUT2D eigenvalue weighted by atomic mass is 16.6.